The fourth-order valence-corrected chi connectivity index (χ4v) is 5.53. The van der Waals surface area contributed by atoms with E-state index in [0.717, 1.165) is 13.1 Å². The third kappa shape index (κ3) is 12.6. The van der Waals surface area contributed by atoms with E-state index in [2.05, 4.69) is 15.5 Å². The number of carbonyl (C=O) groups is 6. The van der Waals surface area contributed by atoms with Crippen molar-refractivity contribution in [3.8, 4) is 0 Å². The molecule has 2 N–H and O–H groups in total. The normalized spacial score (nSPS) is 17.9. The monoisotopic (exact) mass is 800 g/mol. The second kappa shape index (κ2) is 19.5. The molecule has 310 valence electrons. The molecule has 0 aliphatic carbocycles. The Labute approximate surface area is 319 Å². The van der Waals surface area contributed by atoms with Crippen LogP contribution >= 0.6 is 0 Å². The highest BCUT2D eigenvalue weighted by Gasteiger charge is 2.38. The number of alkyl halides is 3. The molecule has 56 heavy (non-hydrogen) atoms. The van der Waals surface area contributed by atoms with Gasteiger partial charge < -0.3 is 49.1 Å². The fourth-order valence-electron chi connectivity index (χ4n) is 5.53. The standard InChI is InChI=1S/C18H27N5O5.C13H19N5O3.C2HF3O2/c1-18(2,3)28-17(26)22-6-4-21(5-7-22)16(25)23-13-14(12-19-23)15(24)20-8-10-27-11-9-20;19-12(16-5-7-21-8-6-16)11-9-15-18(10-11)13(20)17-3-1-14-2-4-17;3-2(4,5)1(6)7/h12-13H,4-11H2,1-3H3;9-10,14H,1-8H2;(H,6,7). The maximum atomic E-state index is 12.7. The smallest absolute Gasteiger partial charge is 0.475 e. The Hall–Kier alpha value is -5.29. The van der Waals surface area contributed by atoms with Gasteiger partial charge in [-0.05, 0) is 20.8 Å². The first-order chi connectivity index (χ1) is 26.4. The molecular formula is C33H47F3N10O10. The van der Waals surface area contributed by atoms with Crippen molar-refractivity contribution in [1.29, 1.82) is 0 Å². The largest absolute Gasteiger partial charge is 0.490 e. The van der Waals surface area contributed by atoms with Crippen LogP contribution in [0.1, 0.15) is 41.5 Å². The van der Waals surface area contributed by atoms with Gasteiger partial charge in [-0.25, -0.2) is 19.2 Å². The molecule has 23 heteroatoms. The summed E-state index contributed by atoms with van der Waals surface area (Å²) in [6, 6.07) is -0.498. The molecule has 0 aromatic carbocycles. The molecule has 0 radical (unpaired) electrons. The van der Waals surface area contributed by atoms with E-state index in [4.69, 9.17) is 24.1 Å². The Kier molecular flexibility index (Phi) is 15.1. The maximum Gasteiger partial charge on any atom is 0.490 e. The molecule has 6 heterocycles. The number of halogens is 3. The zero-order valence-corrected chi connectivity index (χ0v) is 31.4. The Bertz CT molecular complexity index is 1620. The molecule has 4 fully saturated rings. The summed E-state index contributed by atoms with van der Waals surface area (Å²) in [4.78, 5) is 79.1. The predicted octanol–water partition coefficient (Wildman–Crippen LogP) is 0.738. The molecule has 4 aliphatic heterocycles. The van der Waals surface area contributed by atoms with Gasteiger partial charge in [0.25, 0.3) is 11.8 Å². The van der Waals surface area contributed by atoms with Crippen molar-refractivity contribution in [1.82, 2.24) is 49.4 Å². The van der Waals surface area contributed by atoms with Crippen LogP contribution in [0.15, 0.2) is 24.8 Å². The number of hydrogen-bond donors (Lipinski definition) is 2. The summed E-state index contributed by atoms with van der Waals surface area (Å²) >= 11 is 0. The van der Waals surface area contributed by atoms with E-state index in [1.54, 1.807) is 24.5 Å². The van der Waals surface area contributed by atoms with Crippen LogP contribution in [-0.4, -0.2) is 202 Å². The van der Waals surface area contributed by atoms with Gasteiger partial charge >= 0.3 is 30.3 Å². The minimum atomic E-state index is -5.08. The average Bonchev–Trinajstić information content (AvgIpc) is 3.89. The van der Waals surface area contributed by atoms with Crippen LogP contribution in [0.2, 0.25) is 0 Å². The van der Waals surface area contributed by atoms with Crippen LogP contribution in [0.5, 0.6) is 0 Å². The molecule has 0 atom stereocenters. The second-order valence-corrected chi connectivity index (χ2v) is 13.7. The lowest BCUT2D eigenvalue weighted by molar-refractivity contribution is -0.192. The molecule has 0 unspecified atom stereocenters. The van der Waals surface area contributed by atoms with Crippen molar-refractivity contribution >= 4 is 35.9 Å². The van der Waals surface area contributed by atoms with Gasteiger partial charge in [0.05, 0.1) is 49.9 Å². The van der Waals surface area contributed by atoms with Crippen LogP contribution < -0.4 is 5.32 Å². The molecule has 4 aliphatic rings. The van der Waals surface area contributed by atoms with E-state index in [0.29, 0.717) is 103 Å². The number of rotatable bonds is 2. The first-order valence-corrected chi connectivity index (χ1v) is 17.9. The maximum absolute atomic E-state index is 12.7. The van der Waals surface area contributed by atoms with E-state index >= 15 is 0 Å². The number of morpholine rings is 2. The van der Waals surface area contributed by atoms with Gasteiger partial charge in [-0.2, -0.15) is 32.7 Å². The zero-order chi connectivity index (χ0) is 41.0. The quantitative estimate of drug-likeness (QED) is 0.430. The highest BCUT2D eigenvalue weighted by molar-refractivity contribution is 5.95. The van der Waals surface area contributed by atoms with Crippen molar-refractivity contribution in [2.24, 2.45) is 0 Å². The second-order valence-electron chi connectivity index (χ2n) is 13.7. The van der Waals surface area contributed by atoms with Gasteiger partial charge in [-0.1, -0.05) is 0 Å². The first kappa shape index (κ1) is 43.4. The molecule has 5 amide bonds. The number of aromatic nitrogens is 4. The number of nitrogens with zero attached hydrogens (tertiary/aromatic N) is 9. The number of ether oxygens (including phenoxy) is 3. The Morgan fingerprint density at radius 2 is 1.02 bits per heavy atom. The predicted molar refractivity (Wildman–Crippen MR) is 187 cm³/mol. The number of carbonyl (C=O) groups excluding carboxylic acids is 5. The molecule has 6 rings (SSSR count). The van der Waals surface area contributed by atoms with E-state index < -0.39 is 17.7 Å². The van der Waals surface area contributed by atoms with Crippen molar-refractivity contribution in [3.05, 3.63) is 35.9 Å². The topological polar surface area (TPSA) is 214 Å². The number of amides is 5. The minimum absolute atomic E-state index is 0.0994. The number of hydrogen-bond acceptors (Lipinski definition) is 12. The lowest BCUT2D eigenvalue weighted by atomic mass is 10.2. The van der Waals surface area contributed by atoms with E-state index in [9.17, 15) is 37.1 Å². The van der Waals surface area contributed by atoms with Crippen LogP contribution in [0.25, 0.3) is 0 Å². The molecule has 4 saturated heterocycles. The SMILES string of the molecule is CC(C)(C)OC(=O)N1CCN(C(=O)n2cc(C(=O)N3CCOCC3)cn2)CC1.O=C(O)C(F)(F)F.O=C(c1cnn(C(=O)N2CCNCC2)c1)N1CCOCC1. The van der Waals surface area contributed by atoms with E-state index in [1.165, 1.54) is 34.2 Å². The average molecular weight is 801 g/mol. The fraction of sp³-hybridized carbons (Fsp3) is 0.636. The zero-order valence-electron chi connectivity index (χ0n) is 31.4. The molecule has 0 spiro atoms. The number of carboxylic acid groups (broad SMARTS) is 1. The summed E-state index contributed by atoms with van der Waals surface area (Å²) in [6.07, 6.45) is 0.379. The van der Waals surface area contributed by atoms with Gasteiger partial charge in [0.2, 0.25) is 0 Å². The van der Waals surface area contributed by atoms with Crippen molar-refractivity contribution in [3.63, 3.8) is 0 Å². The number of aliphatic carboxylic acids is 1. The molecule has 0 bridgehead atoms. The van der Waals surface area contributed by atoms with Gasteiger partial charge in [0.15, 0.2) is 0 Å². The summed E-state index contributed by atoms with van der Waals surface area (Å²) in [5, 5.41) is 18.4. The molecular weight excluding hydrogens is 753 g/mol. The number of piperazine rings is 2. The molecule has 2 aromatic heterocycles. The highest BCUT2D eigenvalue weighted by Crippen LogP contribution is 2.15. The van der Waals surface area contributed by atoms with E-state index in [-0.39, 0.29) is 30.0 Å². The van der Waals surface area contributed by atoms with Crippen LogP contribution in [0.4, 0.5) is 27.6 Å². The first-order valence-electron chi connectivity index (χ1n) is 17.9. The summed E-state index contributed by atoms with van der Waals surface area (Å²) in [5.41, 5.74) is 0.269. The molecule has 2 aromatic rings. The van der Waals surface area contributed by atoms with Crippen molar-refractivity contribution in [2.45, 2.75) is 32.5 Å². The number of carboxylic acids is 1. The summed E-state index contributed by atoms with van der Waals surface area (Å²) < 4.78 is 50.0. The summed E-state index contributed by atoms with van der Waals surface area (Å²) in [5.74, 6) is -3.01. The third-order valence-corrected chi connectivity index (χ3v) is 8.48. The van der Waals surface area contributed by atoms with Crippen LogP contribution in [0.3, 0.4) is 0 Å². The summed E-state index contributed by atoms with van der Waals surface area (Å²) in [7, 11) is 0. The van der Waals surface area contributed by atoms with Crippen molar-refractivity contribution in [2.75, 3.05) is 105 Å². The third-order valence-electron chi connectivity index (χ3n) is 8.48. The molecule has 0 saturated carbocycles. The minimum Gasteiger partial charge on any atom is -0.475 e. The van der Waals surface area contributed by atoms with Crippen molar-refractivity contribution < 1.29 is 61.3 Å². The van der Waals surface area contributed by atoms with Gasteiger partial charge in [0.1, 0.15) is 5.60 Å². The Balaban J connectivity index is 0.000000218. The highest BCUT2D eigenvalue weighted by atomic mass is 19.4. The Morgan fingerprint density at radius 1 is 0.643 bits per heavy atom. The lowest BCUT2D eigenvalue weighted by Gasteiger charge is -2.35. The van der Waals surface area contributed by atoms with Gasteiger partial charge in [-0.15, -0.1) is 0 Å². The van der Waals surface area contributed by atoms with Gasteiger partial charge in [0, 0.05) is 90.9 Å². The Morgan fingerprint density at radius 3 is 1.39 bits per heavy atom. The van der Waals surface area contributed by atoms with Gasteiger partial charge in [-0.3, -0.25) is 9.59 Å². The molecule has 20 nitrogen and oxygen atoms in total. The van der Waals surface area contributed by atoms with Crippen LogP contribution in [-0.2, 0) is 19.0 Å². The summed E-state index contributed by atoms with van der Waals surface area (Å²) in [6.45, 7) is 14.2. The van der Waals surface area contributed by atoms with E-state index in [1.807, 2.05) is 20.8 Å². The number of nitrogens with one attached hydrogen (secondary N) is 1. The van der Waals surface area contributed by atoms with Crippen LogP contribution in [0, 0.1) is 0 Å². The lowest BCUT2D eigenvalue weighted by Crippen LogP contribution is -2.52.